The van der Waals surface area contributed by atoms with Crippen LogP contribution >= 0.6 is 22.6 Å². The summed E-state index contributed by atoms with van der Waals surface area (Å²) >= 11 is 2.11. The van der Waals surface area contributed by atoms with E-state index in [2.05, 4.69) is 42.5 Å². The number of pyridine rings is 2. The van der Waals surface area contributed by atoms with Gasteiger partial charge in [-0.1, -0.05) is 6.07 Å². The highest BCUT2D eigenvalue weighted by Gasteiger charge is 2.27. The van der Waals surface area contributed by atoms with E-state index in [1.54, 1.807) is 24.5 Å². The molecule has 0 radical (unpaired) electrons. The predicted octanol–water partition coefficient (Wildman–Crippen LogP) is 5.45. The largest absolute Gasteiger partial charge is 0.481 e. The summed E-state index contributed by atoms with van der Waals surface area (Å²) < 4.78 is 21.7. The first-order valence-corrected chi connectivity index (χ1v) is 11.7. The van der Waals surface area contributed by atoms with Crippen LogP contribution in [0.25, 0.3) is 33.5 Å². The molecule has 4 aromatic rings. The molecule has 1 saturated carbocycles. The van der Waals surface area contributed by atoms with E-state index in [1.807, 2.05) is 18.2 Å². The molecule has 0 spiro atoms. The molecular formula is C24H20FIN4O3. The van der Waals surface area contributed by atoms with E-state index in [9.17, 15) is 9.18 Å². The lowest BCUT2D eigenvalue weighted by molar-refractivity contribution is -0.143. The van der Waals surface area contributed by atoms with Crippen molar-refractivity contribution in [1.82, 2.24) is 19.9 Å². The minimum atomic E-state index is -0.735. The lowest BCUT2D eigenvalue weighted by Crippen LogP contribution is -2.28. The van der Waals surface area contributed by atoms with Crippen molar-refractivity contribution in [3.63, 3.8) is 0 Å². The SMILES string of the molecule is O=C(O)C1CCC(Oc2ccc(-c3ccc(-c4nc5cc(I)ncc5[nH]4)c(F)c3)cn2)CC1. The Balaban J connectivity index is 1.29. The molecule has 0 atom stereocenters. The highest BCUT2D eigenvalue weighted by Crippen LogP contribution is 2.30. The molecule has 7 nitrogen and oxygen atoms in total. The summed E-state index contributed by atoms with van der Waals surface area (Å²) in [5.41, 5.74) is 3.35. The first-order chi connectivity index (χ1) is 16.0. The Hall–Kier alpha value is -3.08. The Morgan fingerprint density at radius 1 is 1.06 bits per heavy atom. The van der Waals surface area contributed by atoms with Crippen LogP contribution in [0.2, 0.25) is 0 Å². The molecule has 1 fully saturated rings. The third-order valence-electron chi connectivity index (χ3n) is 5.94. The summed E-state index contributed by atoms with van der Waals surface area (Å²) in [4.78, 5) is 27.3. The second-order valence-corrected chi connectivity index (χ2v) is 9.22. The number of hydrogen-bond donors (Lipinski definition) is 2. The average Bonchev–Trinajstić information content (AvgIpc) is 3.22. The van der Waals surface area contributed by atoms with E-state index in [-0.39, 0.29) is 17.8 Å². The van der Waals surface area contributed by atoms with Gasteiger partial charge in [-0.15, -0.1) is 0 Å². The van der Waals surface area contributed by atoms with E-state index in [0.717, 1.165) is 20.3 Å². The predicted molar refractivity (Wildman–Crippen MR) is 129 cm³/mol. The molecule has 1 aliphatic rings. The molecule has 0 bridgehead atoms. The zero-order valence-corrected chi connectivity index (χ0v) is 19.6. The molecule has 168 valence electrons. The molecule has 5 rings (SSSR count). The molecule has 9 heteroatoms. The number of halogens is 2. The van der Waals surface area contributed by atoms with Gasteiger partial charge in [0.2, 0.25) is 5.88 Å². The van der Waals surface area contributed by atoms with Crippen molar-refractivity contribution in [1.29, 1.82) is 0 Å². The Kier molecular flexibility index (Phi) is 5.96. The summed E-state index contributed by atoms with van der Waals surface area (Å²) in [5, 5.41) is 9.11. The standard InChI is InChI=1S/C24H20FIN4O3/c25-18-9-14(3-7-17(18)23-29-19-10-21(26)27-12-20(19)30-23)15-4-8-22(28-11-15)33-16-5-1-13(2-6-16)24(31)32/h3-4,7-13,16H,1-2,5-6H2,(H,29,30)(H,31,32). The summed E-state index contributed by atoms with van der Waals surface area (Å²) in [6, 6.07) is 10.4. The first-order valence-electron chi connectivity index (χ1n) is 10.6. The maximum atomic E-state index is 14.9. The van der Waals surface area contributed by atoms with Crippen molar-refractivity contribution in [2.75, 3.05) is 0 Å². The van der Waals surface area contributed by atoms with Crippen LogP contribution < -0.4 is 4.74 Å². The van der Waals surface area contributed by atoms with Crippen molar-refractivity contribution >= 4 is 39.6 Å². The van der Waals surface area contributed by atoms with Crippen molar-refractivity contribution in [2.24, 2.45) is 5.92 Å². The number of aromatic amines is 1. The minimum Gasteiger partial charge on any atom is -0.481 e. The van der Waals surface area contributed by atoms with Crippen LogP contribution in [-0.2, 0) is 4.79 Å². The zero-order valence-electron chi connectivity index (χ0n) is 17.5. The Bertz CT molecular complexity index is 1320. The quantitative estimate of drug-likeness (QED) is 0.250. The normalized spacial score (nSPS) is 18.4. The molecule has 33 heavy (non-hydrogen) atoms. The van der Waals surface area contributed by atoms with Gasteiger partial charge in [-0.05, 0) is 78.1 Å². The number of rotatable bonds is 5. The fourth-order valence-corrected chi connectivity index (χ4v) is 4.55. The fraction of sp³-hybridized carbons (Fsp3) is 0.250. The minimum absolute atomic E-state index is 0.0297. The van der Waals surface area contributed by atoms with Crippen LogP contribution in [0.4, 0.5) is 4.39 Å². The van der Waals surface area contributed by atoms with E-state index >= 15 is 0 Å². The van der Waals surface area contributed by atoms with E-state index in [0.29, 0.717) is 48.5 Å². The van der Waals surface area contributed by atoms with Gasteiger partial charge >= 0.3 is 5.97 Å². The number of carboxylic acids is 1. The monoisotopic (exact) mass is 558 g/mol. The summed E-state index contributed by atoms with van der Waals surface area (Å²) in [6.07, 6.45) is 5.94. The molecule has 1 aliphatic carbocycles. The summed E-state index contributed by atoms with van der Waals surface area (Å²) in [5.74, 6) is -0.457. The Morgan fingerprint density at radius 3 is 2.55 bits per heavy atom. The van der Waals surface area contributed by atoms with Crippen molar-refractivity contribution in [3.8, 4) is 28.4 Å². The van der Waals surface area contributed by atoms with Crippen molar-refractivity contribution in [2.45, 2.75) is 31.8 Å². The summed E-state index contributed by atoms with van der Waals surface area (Å²) in [7, 11) is 0. The number of aromatic nitrogens is 4. The van der Waals surface area contributed by atoms with Crippen molar-refractivity contribution in [3.05, 3.63) is 58.3 Å². The lowest BCUT2D eigenvalue weighted by atomic mass is 9.87. The number of fused-ring (bicyclic) bond motifs is 1. The second-order valence-electron chi connectivity index (χ2n) is 8.12. The van der Waals surface area contributed by atoms with Crippen LogP contribution in [-0.4, -0.2) is 37.1 Å². The van der Waals surface area contributed by atoms with Gasteiger partial charge in [-0.2, -0.15) is 0 Å². The van der Waals surface area contributed by atoms with Crippen LogP contribution in [0.1, 0.15) is 25.7 Å². The molecule has 2 N–H and O–H groups in total. The smallest absolute Gasteiger partial charge is 0.306 e. The molecule has 0 saturated heterocycles. The molecule has 3 aromatic heterocycles. The highest BCUT2D eigenvalue weighted by atomic mass is 127. The Morgan fingerprint density at radius 2 is 1.85 bits per heavy atom. The second kappa shape index (κ2) is 9.05. The maximum absolute atomic E-state index is 14.9. The van der Waals surface area contributed by atoms with Crippen LogP contribution in [0, 0.1) is 15.4 Å². The van der Waals surface area contributed by atoms with Crippen LogP contribution in [0.3, 0.4) is 0 Å². The van der Waals surface area contributed by atoms with Crippen LogP contribution in [0.15, 0.2) is 48.8 Å². The number of imidazole rings is 1. The van der Waals surface area contributed by atoms with Gasteiger partial charge in [0.25, 0.3) is 0 Å². The van der Waals surface area contributed by atoms with Crippen molar-refractivity contribution < 1.29 is 19.0 Å². The number of benzene rings is 1. The zero-order chi connectivity index (χ0) is 22.9. The molecule has 0 amide bonds. The van der Waals surface area contributed by atoms with Gasteiger partial charge in [0.1, 0.15) is 21.4 Å². The van der Waals surface area contributed by atoms with Gasteiger partial charge < -0.3 is 14.8 Å². The van der Waals surface area contributed by atoms with Gasteiger partial charge in [-0.25, -0.2) is 19.3 Å². The lowest BCUT2D eigenvalue weighted by Gasteiger charge is -2.26. The van der Waals surface area contributed by atoms with Gasteiger partial charge in [0.15, 0.2) is 0 Å². The third-order valence-corrected chi connectivity index (χ3v) is 6.53. The number of nitrogens with zero attached hydrogens (tertiary/aromatic N) is 3. The number of aliphatic carboxylic acids is 1. The average molecular weight is 558 g/mol. The highest BCUT2D eigenvalue weighted by molar-refractivity contribution is 14.1. The molecule has 3 heterocycles. The number of H-pyrrole nitrogens is 1. The number of hydrogen-bond acceptors (Lipinski definition) is 5. The molecule has 1 aromatic carbocycles. The summed E-state index contributed by atoms with van der Waals surface area (Å²) in [6.45, 7) is 0. The third kappa shape index (κ3) is 4.68. The van der Waals surface area contributed by atoms with Gasteiger partial charge in [0.05, 0.1) is 28.7 Å². The first kappa shape index (κ1) is 21.7. The number of carbonyl (C=O) groups is 1. The number of nitrogens with one attached hydrogen (secondary N) is 1. The van der Waals surface area contributed by atoms with E-state index < -0.39 is 5.97 Å². The van der Waals surface area contributed by atoms with Gasteiger partial charge in [-0.3, -0.25) is 4.79 Å². The number of carboxylic acid groups (broad SMARTS) is 1. The molecule has 0 unspecified atom stereocenters. The topological polar surface area (TPSA) is 101 Å². The molecule has 0 aliphatic heterocycles. The Labute approximate surface area is 202 Å². The van der Waals surface area contributed by atoms with Gasteiger partial charge in [0, 0.05) is 17.8 Å². The molecular weight excluding hydrogens is 538 g/mol. The van der Waals surface area contributed by atoms with Crippen LogP contribution in [0.5, 0.6) is 5.88 Å². The maximum Gasteiger partial charge on any atom is 0.306 e. The van der Waals surface area contributed by atoms with E-state index in [4.69, 9.17) is 9.84 Å². The van der Waals surface area contributed by atoms with E-state index in [1.165, 1.54) is 6.07 Å². The fourth-order valence-electron chi connectivity index (χ4n) is 4.12. The number of ether oxygens (including phenoxy) is 1.